The first-order valence-corrected chi connectivity index (χ1v) is 11.1. The van der Waals surface area contributed by atoms with Crippen molar-refractivity contribution < 1.29 is 9.21 Å². The van der Waals surface area contributed by atoms with E-state index in [1.54, 1.807) is 30.5 Å². The highest BCUT2D eigenvalue weighted by Crippen LogP contribution is 2.32. The van der Waals surface area contributed by atoms with E-state index in [-0.39, 0.29) is 11.4 Å². The minimum absolute atomic E-state index is 0.0374. The molecule has 4 heterocycles. The van der Waals surface area contributed by atoms with Gasteiger partial charge in [-0.3, -0.25) is 10.2 Å². The third-order valence-electron chi connectivity index (χ3n) is 5.06. The van der Waals surface area contributed by atoms with E-state index < -0.39 is 5.91 Å². The number of thioether (sulfide) groups is 1. The molecule has 5 rings (SSSR count). The van der Waals surface area contributed by atoms with Crippen molar-refractivity contribution in [3.05, 3.63) is 81.0 Å². The zero-order chi connectivity index (χ0) is 22.6. The molecule has 2 aliphatic heterocycles. The maximum atomic E-state index is 12.8. The lowest BCUT2D eigenvalue weighted by Gasteiger charge is -2.20. The first-order valence-electron chi connectivity index (χ1n) is 9.51. The Bertz CT molecular complexity index is 1370. The highest BCUT2D eigenvalue weighted by atomic mass is 35.5. The number of hydrogen-bond donors (Lipinski definition) is 1. The Morgan fingerprint density at radius 2 is 1.91 bits per heavy atom. The smallest absolute Gasteiger partial charge is 0.283 e. The van der Waals surface area contributed by atoms with Crippen molar-refractivity contribution in [3.63, 3.8) is 0 Å². The van der Waals surface area contributed by atoms with Gasteiger partial charge in [0.2, 0.25) is 5.17 Å². The maximum Gasteiger partial charge on any atom is 0.283 e. The molecule has 0 saturated carbocycles. The van der Waals surface area contributed by atoms with Gasteiger partial charge in [-0.05, 0) is 73.6 Å². The van der Waals surface area contributed by atoms with E-state index in [0.717, 1.165) is 22.6 Å². The van der Waals surface area contributed by atoms with Gasteiger partial charge < -0.3 is 8.98 Å². The summed E-state index contributed by atoms with van der Waals surface area (Å²) < 4.78 is 7.37. The Labute approximate surface area is 197 Å². The van der Waals surface area contributed by atoms with Crippen molar-refractivity contribution in [1.82, 2.24) is 9.58 Å². The van der Waals surface area contributed by atoms with Crippen LogP contribution in [0.1, 0.15) is 22.7 Å². The van der Waals surface area contributed by atoms with Gasteiger partial charge in [-0.15, -0.1) is 0 Å². The predicted molar refractivity (Wildman–Crippen MR) is 128 cm³/mol. The normalized spacial score (nSPS) is 17.1. The molecule has 160 valence electrons. The SMILES string of the molecule is Cc1cc(C=C2C(=N)N3N=C(c4ccco4)SC3=NC2=O)c(C)n1-c1cc(Cl)cc(Cl)c1. The van der Waals surface area contributed by atoms with Crippen LogP contribution in [0.15, 0.2) is 62.7 Å². The summed E-state index contributed by atoms with van der Waals surface area (Å²) in [4.78, 5) is 16.9. The minimum atomic E-state index is -0.486. The minimum Gasteiger partial charge on any atom is -0.462 e. The first kappa shape index (κ1) is 20.8. The van der Waals surface area contributed by atoms with Crippen LogP contribution in [0.5, 0.6) is 0 Å². The lowest BCUT2D eigenvalue weighted by molar-refractivity contribution is -0.114. The molecule has 1 aromatic carbocycles. The average Bonchev–Trinajstić information content (AvgIpc) is 3.44. The summed E-state index contributed by atoms with van der Waals surface area (Å²) >= 11 is 13.6. The van der Waals surface area contributed by atoms with Crippen LogP contribution < -0.4 is 0 Å². The Balaban J connectivity index is 1.54. The number of rotatable bonds is 3. The average molecular weight is 484 g/mol. The topological polar surface area (TPSA) is 87.0 Å². The number of carbonyl (C=O) groups excluding carboxylic acids is 1. The second-order valence-corrected chi connectivity index (χ2v) is 9.02. The highest BCUT2D eigenvalue weighted by molar-refractivity contribution is 8.27. The molecule has 0 radical (unpaired) electrons. The Hall–Kier alpha value is -3.07. The summed E-state index contributed by atoms with van der Waals surface area (Å²) in [5.41, 5.74) is 3.56. The monoisotopic (exact) mass is 483 g/mol. The van der Waals surface area contributed by atoms with Crippen LogP contribution in [0.2, 0.25) is 10.0 Å². The van der Waals surface area contributed by atoms with Crippen LogP contribution in [0.25, 0.3) is 11.8 Å². The highest BCUT2D eigenvalue weighted by Gasteiger charge is 2.36. The number of hydrazone groups is 1. The van der Waals surface area contributed by atoms with Crippen molar-refractivity contribution in [2.24, 2.45) is 10.1 Å². The van der Waals surface area contributed by atoms with Crippen molar-refractivity contribution in [3.8, 4) is 5.69 Å². The summed E-state index contributed by atoms with van der Waals surface area (Å²) in [6.07, 6.45) is 3.21. The fourth-order valence-electron chi connectivity index (χ4n) is 3.65. The molecule has 0 aliphatic carbocycles. The number of furan rings is 1. The molecule has 0 fully saturated rings. The number of fused-ring (bicyclic) bond motifs is 1. The molecule has 0 atom stereocenters. The van der Waals surface area contributed by atoms with Gasteiger partial charge in [0, 0.05) is 27.1 Å². The summed E-state index contributed by atoms with van der Waals surface area (Å²) in [6, 6.07) is 10.8. The van der Waals surface area contributed by atoms with E-state index in [0.29, 0.717) is 26.0 Å². The van der Waals surface area contributed by atoms with Gasteiger partial charge in [0.05, 0.1) is 11.8 Å². The van der Waals surface area contributed by atoms with Crippen molar-refractivity contribution in [2.45, 2.75) is 13.8 Å². The van der Waals surface area contributed by atoms with Crippen LogP contribution in [-0.2, 0) is 4.79 Å². The van der Waals surface area contributed by atoms with Crippen LogP contribution >= 0.6 is 35.0 Å². The fraction of sp³-hybridized carbons (Fsp3) is 0.0909. The summed E-state index contributed by atoms with van der Waals surface area (Å²) in [5, 5.41) is 16.3. The lowest BCUT2D eigenvalue weighted by atomic mass is 10.1. The van der Waals surface area contributed by atoms with E-state index in [4.69, 9.17) is 33.0 Å². The molecule has 0 saturated heterocycles. The molecule has 10 heteroatoms. The van der Waals surface area contributed by atoms with Crippen LogP contribution in [0, 0.1) is 19.3 Å². The standard InChI is InChI=1S/C22H15Cl2N5O2S/c1-11-6-13(12(2)28(11)16-9-14(23)8-15(24)10-16)7-17-19(25)29-22(26-20(17)30)32-21(27-29)18-4-3-5-31-18/h3-10,25H,1-2H3. The van der Waals surface area contributed by atoms with Crippen molar-refractivity contribution >= 4 is 63.0 Å². The molecule has 0 unspecified atom stereocenters. The second-order valence-electron chi connectivity index (χ2n) is 7.19. The predicted octanol–water partition coefficient (Wildman–Crippen LogP) is 5.66. The van der Waals surface area contributed by atoms with E-state index >= 15 is 0 Å². The number of aromatic nitrogens is 1. The number of benzene rings is 1. The van der Waals surface area contributed by atoms with Crippen LogP contribution in [0.3, 0.4) is 0 Å². The number of carbonyl (C=O) groups is 1. The Kier molecular flexibility index (Phi) is 5.08. The van der Waals surface area contributed by atoms with E-state index in [1.807, 2.05) is 36.6 Å². The Morgan fingerprint density at radius 1 is 1.16 bits per heavy atom. The number of halogens is 2. The summed E-state index contributed by atoms with van der Waals surface area (Å²) in [5.74, 6) is 0.0338. The van der Waals surface area contributed by atoms with Gasteiger partial charge in [-0.2, -0.15) is 15.1 Å². The number of nitrogens with zero attached hydrogens (tertiary/aromatic N) is 4. The summed E-state index contributed by atoms with van der Waals surface area (Å²) in [6.45, 7) is 3.88. The number of nitrogens with one attached hydrogen (secondary N) is 1. The van der Waals surface area contributed by atoms with Gasteiger partial charge in [0.15, 0.2) is 16.6 Å². The third-order valence-corrected chi connectivity index (χ3v) is 6.42. The molecule has 1 amide bonds. The van der Waals surface area contributed by atoms with E-state index in [9.17, 15) is 4.79 Å². The molecule has 2 aromatic heterocycles. The van der Waals surface area contributed by atoms with E-state index in [2.05, 4.69) is 10.1 Å². The van der Waals surface area contributed by atoms with Crippen LogP contribution in [-0.4, -0.2) is 31.5 Å². The van der Waals surface area contributed by atoms with Crippen molar-refractivity contribution in [1.29, 1.82) is 5.41 Å². The van der Waals surface area contributed by atoms with Gasteiger partial charge in [0.1, 0.15) is 0 Å². The van der Waals surface area contributed by atoms with E-state index in [1.165, 1.54) is 16.8 Å². The quantitative estimate of drug-likeness (QED) is 0.486. The third kappa shape index (κ3) is 3.50. The second kappa shape index (κ2) is 7.81. The molecule has 1 N–H and O–H groups in total. The zero-order valence-electron chi connectivity index (χ0n) is 16.9. The number of hydrogen-bond acceptors (Lipinski definition) is 5. The molecule has 2 aliphatic rings. The molecule has 32 heavy (non-hydrogen) atoms. The Morgan fingerprint density at radius 3 is 2.59 bits per heavy atom. The number of aliphatic imine (C=N–C) groups is 1. The van der Waals surface area contributed by atoms with Gasteiger partial charge >= 0.3 is 0 Å². The molecule has 3 aromatic rings. The molecular weight excluding hydrogens is 469 g/mol. The zero-order valence-corrected chi connectivity index (χ0v) is 19.2. The molecule has 7 nitrogen and oxygen atoms in total. The van der Waals surface area contributed by atoms with Gasteiger partial charge in [0.25, 0.3) is 5.91 Å². The number of aryl methyl sites for hydroxylation is 1. The molecule has 0 spiro atoms. The van der Waals surface area contributed by atoms with Crippen molar-refractivity contribution in [2.75, 3.05) is 0 Å². The number of amidine groups is 2. The lowest BCUT2D eigenvalue weighted by Crippen LogP contribution is -2.35. The first-order chi connectivity index (χ1) is 15.3. The van der Waals surface area contributed by atoms with Crippen LogP contribution in [0.4, 0.5) is 0 Å². The summed E-state index contributed by atoms with van der Waals surface area (Å²) in [7, 11) is 0. The van der Waals surface area contributed by atoms with Gasteiger partial charge in [-0.1, -0.05) is 23.2 Å². The maximum absolute atomic E-state index is 12.8. The molecular formula is C22H15Cl2N5O2S. The molecule has 0 bridgehead atoms. The largest absolute Gasteiger partial charge is 0.462 e. The fourth-order valence-corrected chi connectivity index (χ4v) is 5.02. The van der Waals surface area contributed by atoms with Gasteiger partial charge in [-0.25, -0.2) is 0 Å². The number of amides is 1.